The van der Waals surface area contributed by atoms with Crippen molar-refractivity contribution in [2.75, 3.05) is 6.54 Å². The van der Waals surface area contributed by atoms with Crippen molar-refractivity contribution in [3.63, 3.8) is 0 Å². The first kappa shape index (κ1) is 15.8. The third kappa shape index (κ3) is 9.41. The first-order valence-corrected chi connectivity index (χ1v) is 3.55. The van der Waals surface area contributed by atoms with E-state index in [4.69, 9.17) is 5.11 Å². The first-order chi connectivity index (χ1) is 6.20. The Hall–Kier alpha value is -0.680. The maximum Gasteiger partial charge on any atom is 1.00 e. The van der Waals surface area contributed by atoms with Gasteiger partial charge in [-0.2, -0.15) is 17.7 Å². The average Bonchev–Trinajstić information content (AvgIpc) is 2.20. The largest absolute Gasteiger partial charge is 1.00 e. The van der Waals surface area contributed by atoms with Crippen molar-refractivity contribution >= 4 is 12.3 Å². The third-order valence-electron chi connectivity index (χ3n) is 1.07. The van der Waals surface area contributed by atoms with Gasteiger partial charge >= 0.3 is 35.5 Å². The Kier molecular flexibility index (Phi) is 11.7. The van der Waals surface area contributed by atoms with Gasteiger partial charge in [-0.15, -0.1) is 12.1 Å². The van der Waals surface area contributed by atoms with E-state index >= 15 is 0 Å². The topological polar surface area (TPSA) is 80.4 Å². The second-order valence-electron chi connectivity index (χ2n) is 2.07. The summed E-state index contributed by atoms with van der Waals surface area (Å²) in [5, 5.41) is 7.60. The number of hydrogen-bond donors (Lipinski definition) is 2. The maximum atomic E-state index is 9.88. The van der Waals surface area contributed by atoms with Crippen LogP contribution in [0, 0.1) is 0 Å². The summed E-state index contributed by atoms with van der Waals surface area (Å²) in [5.41, 5.74) is 5.18. The molecule has 14 heavy (non-hydrogen) atoms. The van der Waals surface area contributed by atoms with E-state index in [9.17, 15) is 9.59 Å². The van der Waals surface area contributed by atoms with Gasteiger partial charge in [-0.25, -0.2) is 0 Å². The van der Waals surface area contributed by atoms with Crippen LogP contribution in [0.25, 0.3) is 0 Å². The number of carboxylic acid groups (broad SMARTS) is 1. The van der Waals surface area contributed by atoms with Crippen LogP contribution < -0.4 is 35.3 Å². The smallest absolute Gasteiger partial charge is 0.480 e. The van der Waals surface area contributed by atoms with E-state index in [1.165, 1.54) is 0 Å². The number of hydrogen-bond acceptors (Lipinski definition) is 3. The predicted octanol–water partition coefficient (Wildman–Crippen LogP) is -2.82. The summed E-state index contributed by atoms with van der Waals surface area (Å²) in [6.45, 7) is -0.278. The molecule has 0 atom stereocenters. The minimum absolute atomic E-state index is 0. The van der Waals surface area contributed by atoms with Gasteiger partial charge in [-0.05, 0) is 0 Å². The molecule has 0 bridgehead atoms. The fraction of sp³-hybridized carbons (Fsp3) is 0.111. The van der Waals surface area contributed by atoms with E-state index in [0.717, 1.165) is 0 Å². The van der Waals surface area contributed by atoms with Crippen LogP contribution in [0.3, 0.4) is 0 Å². The zero-order valence-corrected chi connectivity index (χ0v) is 9.93. The summed E-state index contributed by atoms with van der Waals surface area (Å²) in [7, 11) is 0. The molecular weight excluding hydrogens is 193 g/mol. The number of nitrogens with two attached hydrogens (primary N) is 1. The van der Waals surface area contributed by atoms with Gasteiger partial charge in [0.25, 0.3) is 0 Å². The molecule has 1 aromatic carbocycles. The molecule has 0 amide bonds. The fourth-order valence-electron chi connectivity index (χ4n) is 0.506. The number of carbonyl (C=O) groups is 1. The van der Waals surface area contributed by atoms with Crippen molar-refractivity contribution < 1.29 is 44.3 Å². The van der Waals surface area contributed by atoms with Crippen LogP contribution in [0.2, 0.25) is 0 Å². The molecule has 5 heteroatoms. The summed E-state index contributed by atoms with van der Waals surface area (Å²) >= 11 is 0. The SMILES string of the molecule is NCC(=O)O.O=[C-]c1ccccc1.[Na+]. The van der Waals surface area contributed by atoms with E-state index in [0.29, 0.717) is 5.56 Å². The van der Waals surface area contributed by atoms with E-state index < -0.39 is 5.97 Å². The minimum Gasteiger partial charge on any atom is -0.480 e. The zero-order valence-electron chi connectivity index (χ0n) is 7.93. The molecule has 0 heterocycles. The third-order valence-corrected chi connectivity index (χ3v) is 1.07. The molecule has 0 spiro atoms. The number of rotatable bonds is 2. The molecule has 0 saturated heterocycles. The van der Waals surface area contributed by atoms with Crippen molar-refractivity contribution in [3.05, 3.63) is 35.9 Å². The van der Waals surface area contributed by atoms with Gasteiger partial charge in [0, 0.05) is 0 Å². The second kappa shape index (κ2) is 10.4. The predicted molar refractivity (Wildman–Crippen MR) is 47.9 cm³/mol. The van der Waals surface area contributed by atoms with E-state index in [1.807, 2.05) is 6.07 Å². The molecule has 4 nitrogen and oxygen atoms in total. The molecular formula is C9H10NNaO3. The van der Waals surface area contributed by atoms with Crippen LogP contribution in [0.15, 0.2) is 30.3 Å². The number of carboxylic acids is 1. The van der Waals surface area contributed by atoms with E-state index in [2.05, 4.69) is 5.73 Å². The van der Waals surface area contributed by atoms with E-state index in [-0.39, 0.29) is 36.1 Å². The molecule has 0 aromatic heterocycles. The molecule has 0 saturated carbocycles. The van der Waals surface area contributed by atoms with Crippen molar-refractivity contribution in [1.29, 1.82) is 0 Å². The molecule has 0 aliphatic heterocycles. The Morgan fingerprint density at radius 1 is 1.36 bits per heavy atom. The van der Waals surface area contributed by atoms with Crippen LogP contribution in [0.1, 0.15) is 5.56 Å². The summed E-state index contributed by atoms with van der Waals surface area (Å²) in [6, 6.07) is 8.90. The fourth-order valence-corrected chi connectivity index (χ4v) is 0.506. The monoisotopic (exact) mass is 203 g/mol. The Bertz CT molecular complexity index is 264. The van der Waals surface area contributed by atoms with Crippen molar-refractivity contribution in [2.45, 2.75) is 0 Å². The quantitative estimate of drug-likeness (QED) is 0.401. The number of benzene rings is 1. The summed E-state index contributed by atoms with van der Waals surface area (Å²) in [5.74, 6) is -0.968. The Balaban J connectivity index is 0. The Morgan fingerprint density at radius 2 is 1.79 bits per heavy atom. The summed E-state index contributed by atoms with van der Waals surface area (Å²) in [4.78, 5) is 19.1. The van der Waals surface area contributed by atoms with Crippen LogP contribution in [-0.4, -0.2) is 23.9 Å². The van der Waals surface area contributed by atoms with Crippen LogP contribution in [0.5, 0.6) is 0 Å². The van der Waals surface area contributed by atoms with Crippen molar-refractivity contribution in [3.8, 4) is 0 Å². The van der Waals surface area contributed by atoms with E-state index in [1.54, 1.807) is 30.6 Å². The van der Waals surface area contributed by atoms with Gasteiger partial charge in [0.1, 0.15) is 0 Å². The molecule has 0 radical (unpaired) electrons. The second-order valence-corrected chi connectivity index (χ2v) is 2.07. The molecule has 70 valence electrons. The summed E-state index contributed by atoms with van der Waals surface area (Å²) in [6.07, 6.45) is 1.78. The number of carbonyl (C=O) groups excluding carboxylic acids is 1. The Labute approximate surface area is 104 Å². The van der Waals surface area contributed by atoms with Gasteiger partial charge < -0.3 is 15.6 Å². The Morgan fingerprint density at radius 3 is 2.00 bits per heavy atom. The molecule has 0 aliphatic carbocycles. The van der Waals surface area contributed by atoms with Crippen molar-refractivity contribution in [2.24, 2.45) is 5.73 Å². The average molecular weight is 203 g/mol. The van der Waals surface area contributed by atoms with Gasteiger partial charge in [0.15, 0.2) is 0 Å². The molecule has 0 unspecified atom stereocenters. The van der Waals surface area contributed by atoms with Gasteiger partial charge in [0.05, 0.1) is 12.8 Å². The van der Waals surface area contributed by atoms with Crippen LogP contribution in [-0.2, 0) is 9.59 Å². The maximum absolute atomic E-state index is 9.88. The molecule has 1 aromatic rings. The van der Waals surface area contributed by atoms with Gasteiger partial charge in [-0.3, -0.25) is 4.79 Å². The van der Waals surface area contributed by atoms with Crippen LogP contribution >= 0.6 is 0 Å². The van der Waals surface area contributed by atoms with Crippen LogP contribution in [0.4, 0.5) is 0 Å². The van der Waals surface area contributed by atoms with Gasteiger partial charge in [-0.1, -0.05) is 6.07 Å². The molecule has 0 fully saturated rings. The standard InChI is InChI=1S/C7H5O.C2H5NO2.Na/c8-6-7-4-2-1-3-5-7;3-1-2(4)5;/h1-5H;1,3H2,(H,4,5);/q-1;;+1. The normalized spacial score (nSPS) is 7.50. The summed E-state index contributed by atoms with van der Waals surface area (Å²) < 4.78 is 0. The van der Waals surface area contributed by atoms with Gasteiger partial charge in [0.2, 0.25) is 0 Å². The first-order valence-electron chi connectivity index (χ1n) is 3.55. The zero-order chi connectivity index (χ0) is 10.1. The van der Waals surface area contributed by atoms with Crippen molar-refractivity contribution in [1.82, 2.24) is 0 Å². The molecule has 3 N–H and O–H groups in total. The molecule has 1 rings (SSSR count). The minimum atomic E-state index is -0.968. The molecule has 0 aliphatic rings. The number of aliphatic carboxylic acids is 1.